The number of aryl methyl sites for hydroxylation is 1. The highest BCUT2D eigenvalue weighted by Crippen LogP contribution is 2.38. The molecule has 1 saturated heterocycles. The molecule has 0 aliphatic carbocycles. The van der Waals surface area contributed by atoms with Gasteiger partial charge in [0.2, 0.25) is 0 Å². The average Bonchev–Trinajstić information content (AvgIpc) is 2.60. The molecule has 1 aliphatic heterocycles. The Hall–Kier alpha value is -1.66. The highest BCUT2D eigenvalue weighted by atomic mass is 32.2. The van der Waals surface area contributed by atoms with E-state index >= 15 is 0 Å². The summed E-state index contributed by atoms with van der Waals surface area (Å²) in [5.41, 5.74) is 2.53. The molecule has 0 amide bonds. The largest absolute Gasteiger partial charge is 0.388 e. The first-order valence-corrected chi connectivity index (χ1v) is 9.83. The van der Waals surface area contributed by atoms with E-state index in [0.717, 1.165) is 22.2 Å². The predicted octanol–water partition coefficient (Wildman–Crippen LogP) is 3.18. The smallest absolute Gasteiger partial charge is 0.184 e. The van der Waals surface area contributed by atoms with Crippen molar-refractivity contribution in [3.05, 3.63) is 30.0 Å². The zero-order valence-electron chi connectivity index (χ0n) is 14.4. The van der Waals surface area contributed by atoms with E-state index in [1.165, 1.54) is 0 Å². The van der Waals surface area contributed by atoms with Gasteiger partial charge in [0.1, 0.15) is 0 Å². The van der Waals surface area contributed by atoms with Crippen LogP contribution in [0.3, 0.4) is 0 Å². The van der Waals surface area contributed by atoms with E-state index in [-0.39, 0.29) is 0 Å². The van der Waals surface area contributed by atoms with E-state index < -0.39 is 14.6 Å². The number of nitrogens with one attached hydrogen (secondary N) is 1. The summed E-state index contributed by atoms with van der Waals surface area (Å²) in [5, 5.41) is 3.96. The Bertz CT molecular complexity index is 856. The molecule has 1 aromatic carbocycles. The Balaban J connectivity index is 2.24. The Kier molecular flexibility index (Phi) is 4.53. The summed E-state index contributed by atoms with van der Waals surface area (Å²) >= 11 is 0. The summed E-state index contributed by atoms with van der Waals surface area (Å²) in [6, 6.07) is 5.56. The number of hydrogen-bond donors (Lipinski definition) is 1. The maximum Gasteiger partial charge on any atom is 0.184 e. The van der Waals surface area contributed by atoms with Gasteiger partial charge in [-0.1, -0.05) is 6.92 Å². The third kappa shape index (κ3) is 2.67. The molecule has 0 atom stereocenters. The molecule has 0 bridgehead atoms. The molecule has 24 heavy (non-hydrogen) atoms. The van der Waals surface area contributed by atoms with Crippen molar-refractivity contribution in [1.29, 1.82) is 0 Å². The Morgan fingerprint density at radius 1 is 1.29 bits per heavy atom. The van der Waals surface area contributed by atoms with E-state index in [1.54, 1.807) is 12.3 Å². The van der Waals surface area contributed by atoms with Crippen molar-refractivity contribution in [3.63, 3.8) is 0 Å². The molecule has 0 unspecified atom stereocenters. The summed E-state index contributed by atoms with van der Waals surface area (Å²) in [6.45, 7) is 4.81. The molecule has 1 aliphatic rings. The normalized spacial score (nSPS) is 17.8. The fourth-order valence-electron chi connectivity index (χ4n) is 3.30. The fraction of sp³-hybridized carbons (Fsp3) is 0.500. The molecule has 1 aromatic heterocycles. The van der Waals surface area contributed by atoms with Crippen molar-refractivity contribution >= 4 is 26.4 Å². The van der Waals surface area contributed by atoms with E-state index in [1.807, 2.05) is 33.0 Å². The minimum atomic E-state index is -3.46. The highest BCUT2D eigenvalue weighted by Gasteiger charge is 2.42. The molecular formula is C18H24N2O3S. The number of pyridine rings is 1. The van der Waals surface area contributed by atoms with Crippen LogP contribution in [0.1, 0.15) is 32.3 Å². The second-order valence-electron chi connectivity index (χ2n) is 6.50. The van der Waals surface area contributed by atoms with E-state index in [0.29, 0.717) is 37.4 Å². The molecule has 2 heterocycles. The van der Waals surface area contributed by atoms with E-state index in [4.69, 9.17) is 4.74 Å². The van der Waals surface area contributed by atoms with Gasteiger partial charge in [0.15, 0.2) is 9.84 Å². The lowest BCUT2D eigenvalue weighted by Crippen LogP contribution is -2.41. The van der Waals surface area contributed by atoms with Crippen molar-refractivity contribution < 1.29 is 13.2 Å². The van der Waals surface area contributed by atoms with Crippen LogP contribution in [-0.4, -0.2) is 38.4 Å². The third-order valence-corrected chi connectivity index (χ3v) is 7.73. The van der Waals surface area contributed by atoms with Gasteiger partial charge < -0.3 is 10.1 Å². The minimum absolute atomic E-state index is 0.436. The van der Waals surface area contributed by atoms with Crippen molar-refractivity contribution in [1.82, 2.24) is 4.98 Å². The van der Waals surface area contributed by atoms with Crippen molar-refractivity contribution in [2.24, 2.45) is 0 Å². The maximum atomic E-state index is 13.4. The number of ether oxygens (including phenoxy) is 1. The third-order valence-electron chi connectivity index (χ3n) is 5.06. The molecule has 2 aromatic rings. The second kappa shape index (κ2) is 6.33. The number of aromatic nitrogens is 1. The molecule has 0 spiro atoms. The minimum Gasteiger partial charge on any atom is -0.388 e. The SMILES string of the molecule is CCc1cc2nccc(NC)c2cc1S(=O)(=O)C1(C)CCOCC1. The zero-order valence-corrected chi connectivity index (χ0v) is 15.2. The quantitative estimate of drug-likeness (QED) is 0.919. The van der Waals surface area contributed by atoms with Crippen LogP contribution in [0.25, 0.3) is 10.9 Å². The van der Waals surface area contributed by atoms with Crippen LogP contribution in [0.15, 0.2) is 29.3 Å². The van der Waals surface area contributed by atoms with Gasteiger partial charge in [0.05, 0.1) is 15.2 Å². The van der Waals surface area contributed by atoms with Gasteiger partial charge in [0.25, 0.3) is 0 Å². The predicted molar refractivity (Wildman–Crippen MR) is 96.3 cm³/mol. The average molecular weight is 348 g/mol. The van der Waals surface area contributed by atoms with Crippen molar-refractivity contribution in [2.75, 3.05) is 25.6 Å². The molecule has 0 radical (unpaired) electrons. The Labute approximate surface area is 143 Å². The molecule has 0 saturated carbocycles. The molecule has 1 N–H and O–H groups in total. The topological polar surface area (TPSA) is 68.3 Å². The lowest BCUT2D eigenvalue weighted by atomic mass is 10.0. The molecule has 3 rings (SSSR count). The number of fused-ring (bicyclic) bond motifs is 1. The number of rotatable bonds is 4. The van der Waals surface area contributed by atoms with Gasteiger partial charge in [-0.3, -0.25) is 4.98 Å². The molecule has 1 fully saturated rings. The second-order valence-corrected chi connectivity index (χ2v) is 8.94. The summed E-state index contributed by atoms with van der Waals surface area (Å²) in [7, 11) is -1.63. The van der Waals surface area contributed by atoms with Crippen LogP contribution >= 0.6 is 0 Å². The standard InChI is InChI=1S/C18H24N2O3S/c1-4-13-11-16-14(15(19-3)5-8-20-16)12-17(13)24(21,22)18(2)6-9-23-10-7-18/h5,8,11-12H,4,6-7,9-10H2,1-3H3,(H,19,20). The lowest BCUT2D eigenvalue weighted by molar-refractivity contribution is 0.0789. The summed E-state index contributed by atoms with van der Waals surface area (Å²) in [6.07, 6.45) is 3.45. The van der Waals surface area contributed by atoms with Gasteiger partial charge in [-0.05, 0) is 49.9 Å². The molecule has 6 heteroatoms. The summed E-state index contributed by atoms with van der Waals surface area (Å²) in [5.74, 6) is 0. The van der Waals surface area contributed by atoms with E-state index in [2.05, 4.69) is 10.3 Å². The van der Waals surface area contributed by atoms with E-state index in [9.17, 15) is 8.42 Å². The van der Waals surface area contributed by atoms with Crippen molar-refractivity contribution in [3.8, 4) is 0 Å². The molecule has 130 valence electrons. The molecular weight excluding hydrogens is 324 g/mol. The zero-order chi connectivity index (χ0) is 17.4. The number of benzene rings is 1. The first kappa shape index (κ1) is 17.2. The number of anilines is 1. The lowest BCUT2D eigenvalue weighted by Gasteiger charge is -2.33. The summed E-state index contributed by atoms with van der Waals surface area (Å²) in [4.78, 5) is 4.83. The first-order valence-electron chi connectivity index (χ1n) is 8.35. The van der Waals surface area contributed by atoms with Crippen molar-refractivity contribution in [2.45, 2.75) is 42.8 Å². The Morgan fingerprint density at radius 3 is 2.62 bits per heavy atom. The fourth-order valence-corrected chi connectivity index (χ4v) is 5.35. The van der Waals surface area contributed by atoms with Crippen LogP contribution in [-0.2, 0) is 21.0 Å². The highest BCUT2D eigenvalue weighted by molar-refractivity contribution is 7.92. The number of sulfone groups is 1. The van der Waals surface area contributed by atoms with Gasteiger partial charge in [-0.15, -0.1) is 0 Å². The number of nitrogens with zero attached hydrogens (tertiary/aromatic N) is 1. The van der Waals surface area contributed by atoms with Gasteiger partial charge in [0, 0.05) is 37.5 Å². The van der Waals surface area contributed by atoms with Crippen LogP contribution in [0.4, 0.5) is 5.69 Å². The number of hydrogen-bond acceptors (Lipinski definition) is 5. The summed E-state index contributed by atoms with van der Waals surface area (Å²) < 4.78 is 31.5. The first-order chi connectivity index (χ1) is 11.4. The van der Waals surface area contributed by atoms with Crippen LogP contribution < -0.4 is 5.32 Å². The molecule has 5 nitrogen and oxygen atoms in total. The monoisotopic (exact) mass is 348 g/mol. The van der Waals surface area contributed by atoms with Gasteiger partial charge >= 0.3 is 0 Å². The van der Waals surface area contributed by atoms with Crippen LogP contribution in [0.2, 0.25) is 0 Å². The van der Waals surface area contributed by atoms with Gasteiger partial charge in [-0.25, -0.2) is 8.42 Å². The Morgan fingerprint density at radius 2 is 2.00 bits per heavy atom. The van der Waals surface area contributed by atoms with Crippen LogP contribution in [0, 0.1) is 0 Å². The van der Waals surface area contributed by atoms with Gasteiger partial charge in [-0.2, -0.15) is 0 Å². The van der Waals surface area contributed by atoms with Crippen LogP contribution in [0.5, 0.6) is 0 Å². The maximum absolute atomic E-state index is 13.4.